The first-order valence-corrected chi connectivity index (χ1v) is 8.15. The lowest BCUT2D eigenvalue weighted by Crippen LogP contribution is -2.36. The first kappa shape index (κ1) is 16.0. The Balaban J connectivity index is 1.76. The molecule has 1 fully saturated rings. The number of aromatic nitrogens is 1. The largest absolute Gasteiger partial charge is 0.468 e. The van der Waals surface area contributed by atoms with Crippen molar-refractivity contribution in [3.05, 3.63) is 41.2 Å². The molecule has 7 heteroatoms. The lowest BCUT2D eigenvalue weighted by Gasteiger charge is -2.20. The van der Waals surface area contributed by atoms with Gasteiger partial charge in [-0.2, -0.15) is 0 Å². The summed E-state index contributed by atoms with van der Waals surface area (Å²) in [5.74, 6) is -0.663. The maximum Gasteiger partial charge on any atom is 0.323 e. The van der Waals surface area contributed by atoms with Gasteiger partial charge in [0, 0.05) is 30.5 Å². The van der Waals surface area contributed by atoms with Crippen LogP contribution in [0.25, 0.3) is 10.6 Å². The molecule has 2 aromatic rings. The van der Waals surface area contributed by atoms with Gasteiger partial charge in [-0.15, -0.1) is 11.3 Å². The van der Waals surface area contributed by atoms with Gasteiger partial charge in [-0.25, -0.2) is 9.37 Å². The van der Waals surface area contributed by atoms with Gasteiger partial charge in [0.2, 0.25) is 0 Å². The van der Waals surface area contributed by atoms with Crippen molar-refractivity contribution in [3.8, 4) is 10.6 Å². The lowest BCUT2D eigenvalue weighted by molar-refractivity contribution is -0.146. The third kappa shape index (κ3) is 3.41. The molecule has 0 amide bonds. The number of rotatable bonds is 4. The Labute approximate surface area is 137 Å². The topological polar surface area (TPSA) is 62.7 Å². The Morgan fingerprint density at radius 1 is 1.52 bits per heavy atom. The SMILES string of the molecule is COC(=O)[C@@H]1C[C@H](O)CN1Cc1csc(-c2ccccc2F)n1. The summed E-state index contributed by atoms with van der Waals surface area (Å²) in [6, 6.07) is 6.03. The number of methoxy groups -OCH3 is 1. The monoisotopic (exact) mass is 336 g/mol. The molecule has 0 saturated carbocycles. The van der Waals surface area contributed by atoms with Crippen LogP contribution >= 0.6 is 11.3 Å². The van der Waals surface area contributed by atoms with Crippen molar-refractivity contribution >= 4 is 17.3 Å². The van der Waals surface area contributed by atoms with Crippen molar-refractivity contribution in [3.63, 3.8) is 0 Å². The number of aliphatic hydroxyl groups is 1. The second-order valence-corrected chi connectivity index (χ2v) is 6.34. The van der Waals surface area contributed by atoms with E-state index in [1.807, 2.05) is 10.3 Å². The molecule has 1 aliphatic rings. The predicted octanol–water partition coefficient (Wildman–Crippen LogP) is 2.06. The predicted molar refractivity (Wildman–Crippen MR) is 84.3 cm³/mol. The zero-order chi connectivity index (χ0) is 16.4. The fourth-order valence-corrected chi connectivity index (χ4v) is 3.62. The molecule has 0 radical (unpaired) electrons. The summed E-state index contributed by atoms with van der Waals surface area (Å²) in [6.45, 7) is 0.814. The van der Waals surface area contributed by atoms with Crippen LogP contribution in [0, 0.1) is 5.82 Å². The van der Waals surface area contributed by atoms with Crippen LogP contribution < -0.4 is 0 Å². The maximum absolute atomic E-state index is 13.8. The van der Waals surface area contributed by atoms with Crippen molar-refractivity contribution in [1.29, 1.82) is 0 Å². The van der Waals surface area contributed by atoms with Gasteiger partial charge in [-0.3, -0.25) is 9.69 Å². The molecular weight excluding hydrogens is 319 g/mol. The molecule has 1 aromatic heterocycles. The molecule has 0 spiro atoms. The Kier molecular flexibility index (Phi) is 4.70. The first-order valence-electron chi connectivity index (χ1n) is 7.27. The first-order chi connectivity index (χ1) is 11.1. The molecule has 0 bridgehead atoms. The average molecular weight is 336 g/mol. The minimum Gasteiger partial charge on any atom is -0.468 e. The molecule has 3 rings (SSSR count). The normalized spacial score (nSPS) is 21.5. The molecule has 1 saturated heterocycles. The molecule has 1 N–H and O–H groups in total. The third-order valence-electron chi connectivity index (χ3n) is 3.88. The molecular formula is C16H17FN2O3S. The van der Waals surface area contributed by atoms with Gasteiger partial charge in [0.05, 0.1) is 18.9 Å². The Hall–Kier alpha value is -1.83. The quantitative estimate of drug-likeness (QED) is 0.866. The number of thiazole rings is 1. The molecule has 5 nitrogen and oxygen atoms in total. The van der Waals surface area contributed by atoms with Crippen molar-refractivity contribution in [2.24, 2.45) is 0 Å². The Morgan fingerprint density at radius 3 is 3.04 bits per heavy atom. The van der Waals surface area contributed by atoms with Gasteiger partial charge in [0.1, 0.15) is 16.9 Å². The summed E-state index contributed by atoms with van der Waals surface area (Å²) in [5, 5.41) is 12.2. The minimum atomic E-state index is -0.552. The van der Waals surface area contributed by atoms with Crippen LogP contribution in [0.1, 0.15) is 12.1 Å². The van der Waals surface area contributed by atoms with E-state index in [4.69, 9.17) is 4.74 Å². The van der Waals surface area contributed by atoms with E-state index in [0.717, 1.165) is 5.69 Å². The van der Waals surface area contributed by atoms with Crippen LogP contribution in [0.3, 0.4) is 0 Å². The number of esters is 1. The number of hydrogen-bond acceptors (Lipinski definition) is 6. The Morgan fingerprint density at radius 2 is 2.30 bits per heavy atom. The number of carbonyl (C=O) groups is 1. The summed E-state index contributed by atoms with van der Waals surface area (Å²) >= 11 is 1.36. The highest BCUT2D eigenvalue weighted by molar-refractivity contribution is 7.13. The highest BCUT2D eigenvalue weighted by Gasteiger charge is 2.36. The van der Waals surface area contributed by atoms with E-state index < -0.39 is 12.1 Å². The van der Waals surface area contributed by atoms with E-state index in [-0.39, 0.29) is 11.8 Å². The molecule has 0 aliphatic carbocycles. The maximum atomic E-state index is 13.8. The van der Waals surface area contributed by atoms with Crippen molar-refractivity contribution < 1.29 is 19.0 Å². The molecule has 2 atom stereocenters. The number of likely N-dealkylation sites (tertiary alicyclic amines) is 1. The summed E-state index contributed by atoms with van der Waals surface area (Å²) in [6.07, 6.45) is -0.194. The Bertz CT molecular complexity index is 706. The number of hydrogen-bond donors (Lipinski definition) is 1. The highest BCUT2D eigenvalue weighted by atomic mass is 32.1. The second kappa shape index (κ2) is 6.74. The van der Waals surface area contributed by atoms with Crippen LogP contribution in [-0.4, -0.2) is 46.8 Å². The number of benzene rings is 1. The summed E-state index contributed by atoms with van der Waals surface area (Å²) in [4.78, 5) is 18.1. The number of β-amino-alcohol motifs (C(OH)–C–C–N with tert-alkyl or cyclic N) is 1. The van der Waals surface area contributed by atoms with Gasteiger partial charge in [-0.05, 0) is 12.1 Å². The summed E-state index contributed by atoms with van der Waals surface area (Å²) in [7, 11) is 1.34. The number of ether oxygens (including phenoxy) is 1. The average Bonchev–Trinajstić information content (AvgIpc) is 3.14. The van der Waals surface area contributed by atoms with Gasteiger partial charge in [0.25, 0.3) is 0 Å². The van der Waals surface area contributed by atoms with Crippen molar-refractivity contribution in [2.45, 2.75) is 25.1 Å². The molecule has 2 heterocycles. The lowest BCUT2D eigenvalue weighted by atomic mass is 10.2. The standard InChI is InChI=1S/C16H17FN2O3S/c1-22-16(21)14-6-11(20)8-19(14)7-10-9-23-15(18-10)12-4-2-3-5-13(12)17/h2-5,9,11,14,20H,6-8H2,1H3/t11-,14-/m0/s1. The van der Waals surface area contributed by atoms with Crippen molar-refractivity contribution in [1.82, 2.24) is 9.88 Å². The zero-order valence-corrected chi connectivity index (χ0v) is 13.4. The minimum absolute atomic E-state index is 0.308. The second-order valence-electron chi connectivity index (χ2n) is 5.48. The van der Waals surface area contributed by atoms with Crippen LogP contribution in [0.2, 0.25) is 0 Å². The summed E-state index contributed by atoms with van der Waals surface area (Å²) < 4.78 is 18.6. The van der Waals surface area contributed by atoms with E-state index in [9.17, 15) is 14.3 Å². The molecule has 23 heavy (non-hydrogen) atoms. The van der Waals surface area contributed by atoms with Gasteiger partial charge < -0.3 is 9.84 Å². The molecule has 1 aliphatic heterocycles. The smallest absolute Gasteiger partial charge is 0.323 e. The zero-order valence-electron chi connectivity index (χ0n) is 12.6. The van der Waals surface area contributed by atoms with Gasteiger partial charge in [-0.1, -0.05) is 12.1 Å². The van der Waals surface area contributed by atoms with E-state index in [0.29, 0.717) is 30.1 Å². The van der Waals surface area contributed by atoms with Gasteiger partial charge >= 0.3 is 5.97 Å². The highest BCUT2D eigenvalue weighted by Crippen LogP contribution is 2.28. The van der Waals surface area contributed by atoms with E-state index in [2.05, 4.69) is 4.98 Å². The molecule has 0 unspecified atom stereocenters. The van der Waals surface area contributed by atoms with E-state index in [1.165, 1.54) is 24.5 Å². The van der Waals surface area contributed by atoms with Crippen LogP contribution in [0.15, 0.2) is 29.6 Å². The molecule has 1 aromatic carbocycles. The number of halogens is 1. The molecule has 122 valence electrons. The number of nitrogens with zero attached hydrogens (tertiary/aromatic N) is 2. The summed E-state index contributed by atoms with van der Waals surface area (Å²) in [5.41, 5.74) is 1.21. The fraction of sp³-hybridized carbons (Fsp3) is 0.375. The van der Waals surface area contributed by atoms with Crippen LogP contribution in [-0.2, 0) is 16.1 Å². The fourth-order valence-electron chi connectivity index (χ4n) is 2.78. The van der Waals surface area contributed by atoms with E-state index in [1.54, 1.807) is 18.2 Å². The van der Waals surface area contributed by atoms with E-state index >= 15 is 0 Å². The van der Waals surface area contributed by atoms with Gasteiger partial charge in [0.15, 0.2) is 0 Å². The third-order valence-corrected chi connectivity index (χ3v) is 4.80. The van der Waals surface area contributed by atoms with Crippen molar-refractivity contribution in [2.75, 3.05) is 13.7 Å². The van der Waals surface area contributed by atoms with Crippen LogP contribution in [0.4, 0.5) is 4.39 Å². The number of carbonyl (C=O) groups excluding carboxylic acids is 1. The number of aliphatic hydroxyl groups excluding tert-OH is 1. The van der Waals surface area contributed by atoms with Crippen LogP contribution in [0.5, 0.6) is 0 Å².